The molecule has 6 aromatic carbocycles. The molecule has 0 fully saturated rings. The fraction of sp³-hybridized carbons (Fsp3) is 0.0625. The van der Waals surface area contributed by atoms with E-state index in [0.29, 0.717) is 5.82 Å². The van der Waals surface area contributed by atoms with Gasteiger partial charge in [0.15, 0.2) is 5.82 Å². The van der Waals surface area contributed by atoms with Crippen molar-refractivity contribution < 1.29 is 0 Å². The molecule has 3 aromatic heterocycles. The number of fused-ring (bicyclic) bond motifs is 6. The van der Waals surface area contributed by atoms with Gasteiger partial charge in [0.25, 0.3) is 0 Å². The molecule has 3 heterocycles. The molecular weight excluding hydrogens is 633 g/mol. The molecule has 0 unspecified atom stereocenters. The van der Waals surface area contributed by atoms with E-state index in [1.165, 1.54) is 33.0 Å². The van der Waals surface area contributed by atoms with Gasteiger partial charge in [-0.2, -0.15) is 0 Å². The normalized spacial score (nSPS) is 13.0. The van der Waals surface area contributed by atoms with Gasteiger partial charge in [-0.25, -0.2) is 9.97 Å². The van der Waals surface area contributed by atoms with Gasteiger partial charge >= 0.3 is 0 Å². The number of rotatable bonds is 5. The quantitative estimate of drug-likeness (QED) is 0.184. The Morgan fingerprint density at radius 2 is 1.06 bits per heavy atom. The van der Waals surface area contributed by atoms with Gasteiger partial charge in [0.1, 0.15) is 0 Å². The smallest absolute Gasteiger partial charge is 0.160 e. The van der Waals surface area contributed by atoms with Crippen molar-refractivity contribution in [1.29, 1.82) is 0 Å². The molecule has 9 aromatic rings. The Kier molecular flexibility index (Phi) is 6.80. The van der Waals surface area contributed by atoms with E-state index >= 15 is 0 Å². The summed E-state index contributed by atoms with van der Waals surface area (Å²) in [5.74, 6) is 0.692. The Balaban J connectivity index is 1.21. The molecule has 52 heavy (non-hydrogen) atoms. The summed E-state index contributed by atoms with van der Waals surface area (Å²) in [6.07, 6.45) is 1.85. The van der Waals surface area contributed by atoms with Crippen LogP contribution in [0.3, 0.4) is 0 Å². The summed E-state index contributed by atoms with van der Waals surface area (Å²) in [6, 6.07) is 58.1. The van der Waals surface area contributed by atoms with Crippen LogP contribution in [0.5, 0.6) is 0 Å². The third-order valence-electron chi connectivity index (χ3n) is 10.6. The fourth-order valence-electron chi connectivity index (χ4n) is 8.09. The fourth-order valence-corrected chi connectivity index (χ4v) is 8.09. The largest absolute Gasteiger partial charge is 0.309 e. The first-order valence-electron chi connectivity index (χ1n) is 17.8. The maximum Gasteiger partial charge on any atom is 0.160 e. The molecular formula is C48H34N4. The first kappa shape index (κ1) is 30.2. The SMILES string of the molecule is CC1(C)c2ccccc2-c2ccc(-c3cc(-c4cc(-c5ccccn5)cc(-n5c6ccccc6c6ccccc65)c4)nc(-c4ccccc4)n3)cc21. The van der Waals surface area contributed by atoms with Crippen molar-refractivity contribution >= 4 is 21.8 Å². The van der Waals surface area contributed by atoms with Crippen LogP contribution in [-0.2, 0) is 5.41 Å². The zero-order chi connectivity index (χ0) is 34.8. The Bertz CT molecular complexity index is 2760. The highest BCUT2D eigenvalue weighted by atomic mass is 15.0. The van der Waals surface area contributed by atoms with Crippen LogP contribution in [0.25, 0.3) is 83.8 Å². The average Bonchev–Trinajstić information content (AvgIpc) is 3.66. The molecule has 1 aliphatic carbocycles. The third-order valence-corrected chi connectivity index (χ3v) is 10.6. The number of hydrogen-bond acceptors (Lipinski definition) is 3. The number of para-hydroxylation sites is 2. The standard InChI is InChI=1S/C48H34N4/c1-48(2)40-19-9-6-16-36(40)37-24-23-32(29-41(37)48)43-30-44(51-47(50-43)31-14-4-3-5-15-31)34-26-33(42-20-12-13-25-49-42)27-35(28-34)52-45-21-10-7-17-38(45)39-18-8-11-22-46(39)52/h3-30H,1-2H3. The zero-order valence-electron chi connectivity index (χ0n) is 29.0. The summed E-state index contributed by atoms with van der Waals surface area (Å²) >= 11 is 0. The van der Waals surface area contributed by atoms with Crippen molar-refractivity contribution in [2.45, 2.75) is 19.3 Å². The molecule has 0 atom stereocenters. The minimum atomic E-state index is -0.117. The third kappa shape index (κ3) is 4.79. The molecule has 0 spiro atoms. The molecule has 0 saturated carbocycles. The summed E-state index contributed by atoms with van der Waals surface area (Å²) in [5, 5.41) is 2.44. The van der Waals surface area contributed by atoms with Gasteiger partial charge in [-0.05, 0) is 76.9 Å². The minimum Gasteiger partial charge on any atom is -0.309 e. The number of nitrogens with zero attached hydrogens (tertiary/aromatic N) is 4. The predicted molar refractivity (Wildman–Crippen MR) is 213 cm³/mol. The topological polar surface area (TPSA) is 43.6 Å². The molecule has 0 saturated heterocycles. The molecule has 4 nitrogen and oxygen atoms in total. The van der Waals surface area contributed by atoms with E-state index in [4.69, 9.17) is 15.0 Å². The van der Waals surface area contributed by atoms with E-state index in [-0.39, 0.29) is 5.41 Å². The maximum absolute atomic E-state index is 5.27. The van der Waals surface area contributed by atoms with E-state index in [0.717, 1.165) is 56.1 Å². The summed E-state index contributed by atoms with van der Waals surface area (Å²) in [5.41, 5.74) is 15.2. The van der Waals surface area contributed by atoms with E-state index in [9.17, 15) is 0 Å². The van der Waals surface area contributed by atoms with Crippen LogP contribution in [0.4, 0.5) is 0 Å². The lowest BCUT2D eigenvalue weighted by Crippen LogP contribution is -2.14. The summed E-state index contributed by atoms with van der Waals surface area (Å²) in [4.78, 5) is 15.3. The first-order chi connectivity index (χ1) is 25.5. The van der Waals surface area contributed by atoms with Crippen LogP contribution >= 0.6 is 0 Å². The highest BCUT2D eigenvalue weighted by molar-refractivity contribution is 6.09. The van der Waals surface area contributed by atoms with Crippen molar-refractivity contribution in [2.75, 3.05) is 0 Å². The molecule has 0 radical (unpaired) electrons. The lowest BCUT2D eigenvalue weighted by molar-refractivity contribution is 0.660. The van der Waals surface area contributed by atoms with Gasteiger partial charge in [0, 0.05) is 50.3 Å². The molecule has 0 N–H and O–H groups in total. The number of aromatic nitrogens is 4. The average molecular weight is 667 g/mol. The Morgan fingerprint density at radius 1 is 0.442 bits per heavy atom. The number of hydrogen-bond donors (Lipinski definition) is 0. The van der Waals surface area contributed by atoms with E-state index in [2.05, 4.69) is 152 Å². The molecule has 0 amide bonds. The van der Waals surface area contributed by atoms with Gasteiger partial charge in [0.2, 0.25) is 0 Å². The van der Waals surface area contributed by atoms with Gasteiger partial charge in [-0.3, -0.25) is 4.98 Å². The first-order valence-corrected chi connectivity index (χ1v) is 17.8. The highest BCUT2D eigenvalue weighted by Gasteiger charge is 2.35. The summed E-state index contributed by atoms with van der Waals surface area (Å²) < 4.78 is 2.36. The number of benzene rings is 6. The van der Waals surface area contributed by atoms with E-state index in [1.807, 2.05) is 36.5 Å². The summed E-state index contributed by atoms with van der Waals surface area (Å²) in [7, 11) is 0. The monoisotopic (exact) mass is 666 g/mol. The molecule has 0 bridgehead atoms. The second-order valence-corrected chi connectivity index (χ2v) is 14.1. The van der Waals surface area contributed by atoms with E-state index in [1.54, 1.807) is 0 Å². The Morgan fingerprint density at radius 3 is 1.79 bits per heavy atom. The van der Waals surface area contributed by atoms with Crippen LogP contribution in [0, 0.1) is 0 Å². The molecule has 246 valence electrons. The van der Waals surface area contributed by atoms with Crippen LogP contribution in [0.15, 0.2) is 170 Å². The van der Waals surface area contributed by atoms with Crippen LogP contribution in [0.2, 0.25) is 0 Å². The second-order valence-electron chi connectivity index (χ2n) is 14.1. The van der Waals surface area contributed by atoms with Gasteiger partial charge in [-0.1, -0.05) is 123 Å². The number of pyridine rings is 1. The van der Waals surface area contributed by atoms with Crippen molar-refractivity contribution in [3.8, 4) is 62.0 Å². The van der Waals surface area contributed by atoms with Crippen molar-refractivity contribution in [2.24, 2.45) is 0 Å². The maximum atomic E-state index is 5.27. The van der Waals surface area contributed by atoms with Crippen LogP contribution in [-0.4, -0.2) is 19.5 Å². The Hall–Kier alpha value is -6.65. The lowest BCUT2D eigenvalue weighted by Gasteiger charge is -2.22. The molecule has 10 rings (SSSR count). The lowest BCUT2D eigenvalue weighted by atomic mass is 9.82. The van der Waals surface area contributed by atoms with Gasteiger partial charge < -0.3 is 4.57 Å². The van der Waals surface area contributed by atoms with Crippen molar-refractivity contribution in [3.63, 3.8) is 0 Å². The van der Waals surface area contributed by atoms with Crippen molar-refractivity contribution in [3.05, 3.63) is 181 Å². The van der Waals surface area contributed by atoms with Crippen LogP contribution in [0.1, 0.15) is 25.0 Å². The second kappa shape index (κ2) is 11.7. The van der Waals surface area contributed by atoms with Gasteiger partial charge in [-0.15, -0.1) is 0 Å². The highest BCUT2D eigenvalue weighted by Crippen LogP contribution is 2.49. The van der Waals surface area contributed by atoms with E-state index < -0.39 is 0 Å². The Labute approximate surface area is 302 Å². The van der Waals surface area contributed by atoms with Gasteiger partial charge in [0.05, 0.1) is 28.1 Å². The molecule has 1 aliphatic rings. The van der Waals surface area contributed by atoms with Crippen LogP contribution < -0.4 is 0 Å². The minimum absolute atomic E-state index is 0.117. The molecule has 4 heteroatoms. The summed E-state index contributed by atoms with van der Waals surface area (Å²) in [6.45, 7) is 4.64. The van der Waals surface area contributed by atoms with Crippen molar-refractivity contribution in [1.82, 2.24) is 19.5 Å². The zero-order valence-corrected chi connectivity index (χ0v) is 29.0. The predicted octanol–water partition coefficient (Wildman–Crippen LogP) is 11.9. The molecule has 0 aliphatic heterocycles.